The molecule has 8 heteroatoms. The average Bonchev–Trinajstić information content (AvgIpc) is 2.76. The van der Waals surface area contributed by atoms with Crippen LogP contribution in [0.2, 0.25) is 0 Å². The predicted molar refractivity (Wildman–Crippen MR) is 110 cm³/mol. The number of halogens is 1. The highest BCUT2D eigenvalue weighted by atomic mass is 19.1. The molecular weight excluding hydrogens is 389 g/mol. The van der Waals surface area contributed by atoms with Crippen molar-refractivity contribution in [2.24, 2.45) is 0 Å². The Morgan fingerprint density at radius 2 is 1.47 bits per heavy atom. The van der Waals surface area contributed by atoms with E-state index in [-0.39, 0.29) is 12.1 Å². The Morgan fingerprint density at radius 1 is 0.833 bits per heavy atom. The lowest BCUT2D eigenvalue weighted by molar-refractivity contribution is -0.120. The molecule has 0 fully saturated rings. The van der Waals surface area contributed by atoms with Crippen molar-refractivity contribution in [2.45, 2.75) is 32.6 Å². The molecule has 0 unspecified atom stereocenters. The number of ether oxygens (including phenoxy) is 1. The molecule has 0 aromatic heterocycles. The first-order valence-electron chi connectivity index (χ1n) is 9.85. The summed E-state index contributed by atoms with van der Waals surface area (Å²) in [6.45, 7) is 2.43. The highest BCUT2D eigenvalue weighted by Crippen LogP contribution is 2.13. The van der Waals surface area contributed by atoms with Crippen LogP contribution in [-0.2, 0) is 4.79 Å². The Kier molecular flexibility index (Phi) is 9.30. The zero-order valence-electron chi connectivity index (χ0n) is 16.9. The Balaban J connectivity index is 1.69. The normalized spacial score (nSPS) is 10.2. The van der Waals surface area contributed by atoms with Gasteiger partial charge in [-0.1, -0.05) is 26.2 Å². The topological polar surface area (TPSA) is 96.5 Å². The number of rotatable bonds is 10. The third-order valence-corrected chi connectivity index (χ3v) is 4.21. The molecule has 0 radical (unpaired) electrons. The van der Waals surface area contributed by atoms with Gasteiger partial charge >= 0.3 is 0 Å². The van der Waals surface area contributed by atoms with Crippen molar-refractivity contribution in [3.05, 3.63) is 65.5 Å². The van der Waals surface area contributed by atoms with Gasteiger partial charge in [0.25, 0.3) is 17.7 Å². The maximum Gasteiger partial charge on any atom is 0.269 e. The molecule has 0 aliphatic rings. The van der Waals surface area contributed by atoms with Gasteiger partial charge in [0.2, 0.25) is 0 Å². The number of nitrogens with one attached hydrogen (secondary N) is 3. The SMILES string of the molecule is CCCCCCOc1ccc(C(=O)NNC(=O)CNC(=O)c2ccc(F)cc2)cc1. The van der Waals surface area contributed by atoms with Crippen molar-refractivity contribution < 1.29 is 23.5 Å². The molecule has 3 amide bonds. The molecule has 160 valence electrons. The average molecular weight is 415 g/mol. The molecule has 2 aromatic carbocycles. The van der Waals surface area contributed by atoms with E-state index >= 15 is 0 Å². The van der Waals surface area contributed by atoms with Crippen LogP contribution in [0, 0.1) is 5.82 Å². The van der Waals surface area contributed by atoms with Gasteiger partial charge in [-0.05, 0) is 55.0 Å². The van der Waals surface area contributed by atoms with Gasteiger partial charge in [0.1, 0.15) is 11.6 Å². The summed E-state index contributed by atoms with van der Waals surface area (Å²) in [6, 6.07) is 11.5. The molecule has 2 rings (SSSR count). The van der Waals surface area contributed by atoms with E-state index in [1.165, 1.54) is 25.0 Å². The van der Waals surface area contributed by atoms with Gasteiger partial charge in [0.15, 0.2) is 0 Å². The van der Waals surface area contributed by atoms with Gasteiger partial charge in [-0.2, -0.15) is 0 Å². The molecule has 0 saturated heterocycles. The maximum absolute atomic E-state index is 12.9. The zero-order valence-corrected chi connectivity index (χ0v) is 16.9. The number of benzene rings is 2. The number of amides is 3. The van der Waals surface area contributed by atoms with Crippen LogP contribution in [0.15, 0.2) is 48.5 Å². The van der Waals surface area contributed by atoms with Crippen molar-refractivity contribution in [1.29, 1.82) is 0 Å². The van der Waals surface area contributed by atoms with Crippen molar-refractivity contribution in [1.82, 2.24) is 16.2 Å². The number of hydrogen-bond donors (Lipinski definition) is 3. The fourth-order valence-corrected chi connectivity index (χ4v) is 2.53. The summed E-state index contributed by atoms with van der Waals surface area (Å²) in [4.78, 5) is 35.8. The first-order valence-corrected chi connectivity index (χ1v) is 9.85. The van der Waals surface area contributed by atoms with Gasteiger partial charge in [-0.3, -0.25) is 25.2 Å². The van der Waals surface area contributed by atoms with Crippen LogP contribution < -0.4 is 20.9 Å². The number of hydrogen-bond acceptors (Lipinski definition) is 4. The first-order chi connectivity index (χ1) is 14.5. The van der Waals surface area contributed by atoms with E-state index in [1.807, 2.05) is 0 Å². The van der Waals surface area contributed by atoms with Crippen molar-refractivity contribution in [2.75, 3.05) is 13.2 Å². The third-order valence-electron chi connectivity index (χ3n) is 4.21. The standard InChI is InChI=1S/C22H26FN3O4/c1-2-3-4-5-14-30-19-12-8-17(9-13-19)22(29)26-25-20(27)15-24-21(28)16-6-10-18(23)11-7-16/h6-13H,2-5,14-15H2,1H3,(H,24,28)(H,25,27)(H,26,29). The van der Waals surface area contributed by atoms with E-state index in [1.54, 1.807) is 24.3 Å². The van der Waals surface area contributed by atoms with Crippen LogP contribution >= 0.6 is 0 Å². The summed E-state index contributed by atoms with van der Waals surface area (Å²) >= 11 is 0. The minimum atomic E-state index is -0.606. The Morgan fingerprint density at radius 3 is 2.13 bits per heavy atom. The fourth-order valence-electron chi connectivity index (χ4n) is 2.53. The van der Waals surface area contributed by atoms with E-state index in [9.17, 15) is 18.8 Å². The second-order valence-corrected chi connectivity index (χ2v) is 6.63. The Bertz CT molecular complexity index is 838. The van der Waals surface area contributed by atoms with Crippen LogP contribution in [0.25, 0.3) is 0 Å². The number of carbonyl (C=O) groups excluding carboxylic acids is 3. The molecule has 2 aromatic rings. The number of carbonyl (C=O) groups is 3. The number of unbranched alkanes of at least 4 members (excludes halogenated alkanes) is 3. The maximum atomic E-state index is 12.9. The predicted octanol–water partition coefficient (Wildman–Crippen LogP) is 2.98. The van der Waals surface area contributed by atoms with Crippen LogP contribution in [0.5, 0.6) is 5.75 Å². The lowest BCUT2D eigenvalue weighted by atomic mass is 10.2. The molecule has 3 N–H and O–H groups in total. The lowest BCUT2D eigenvalue weighted by Crippen LogP contribution is -2.46. The summed E-state index contributed by atoms with van der Waals surface area (Å²) in [5.74, 6) is -1.41. The smallest absolute Gasteiger partial charge is 0.269 e. The van der Waals surface area contributed by atoms with Gasteiger partial charge in [0, 0.05) is 11.1 Å². The minimum Gasteiger partial charge on any atom is -0.494 e. The molecule has 0 bridgehead atoms. The van der Waals surface area contributed by atoms with Crippen LogP contribution in [0.4, 0.5) is 4.39 Å². The van der Waals surface area contributed by atoms with Gasteiger partial charge in [-0.15, -0.1) is 0 Å². The van der Waals surface area contributed by atoms with E-state index in [0.29, 0.717) is 17.9 Å². The monoisotopic (exact) mass is 415 g/mol. The molecule has 0 spiro atoms. The Labute approximate surface area is 175 Å². The van der Waals surface area contributed by atoms with Crippen molar-refractivity contribution in [3.8, 4) is 5.75 Å². The Hall–Kier alpha value is -3.42. The van der Waals surface area contributed by atoms with Crippen LogP contribution in [0.3, 0.4) is 0 Å². The first kappa shape index (κ1) is 22.9. The van der Waals surface area contributed by atoms with Crippen LogP contribution in [-0.4, -0.2) is 30.9 Å². The van der Waals surface area contributed by atoms with Gasteiger partial charge in [-0.25, -0.2) is 4.39 Å². The summed E-state index contributed by atoms with van der Waals surface area (Å²) < 4.78 is 18.5. The van der Waals surface area contributed by atoms with E-state index in [0.717, 1.165) is 25.0 Å². The van der Waals surface area contributed by atoms with Gasteiger partial charge < -0.3 is 10.1 Å². The molecule has 30 heavy (non-hydrogen) atoms. The van der Waals surface area contributed by atoms with Crippen LogP contribution in [0.1, 0.15) is 53.3 Å². The molecule has 0 atom stereocenters. The molecular formula is C22H26FN3O4. The second-order valence-electron chi connectivity index (χ2n) is 6.63. The van der Waals surface area contributed by atoms with E-state index < -0.39 is 23.5 Å². The number of hydrazine groups is 1. The van der Waals surface area contributed by atoms with Crippen molar-refractivity contribution in [3.63, 3.8) is 0 Å². The quantitative estimate of drug-likeness (QED) is 0.411. The van der Waals surface area contributed by atoms with Gasteiger partial charge in [0.05, 0.1) is 13.2 Å². The zero-order chi connectivity index (χ0) is 21.8. The summed E-state index contributed by atoms with van der Waals surface area (Å²) in [7, 11) is 0. The summed E-state index contributed by atoms with van der Waals surface area (Å²) in [6.07, 6.45) is 4.46. The summed E-state index contributed by atoms with van der Waals surface area (Å²) in [5.41, 5.74) is 5.07. The second kappa shape index (κ2) is 12.2. The highest BCUT2D eigenvalue weighted by molar-refractivity contribution is 5.98. The molecule has 0 aliphatic heterocycles. The van der Waals surface area contributed by atoms with E-state index in [4.69, 9.17) is 4.74 Å². The van der Waals surface area contributed by atoms with Crippen molar-refractivity contribution >= 4 is 17.7 Å². The fraction of sp³-hybridized carbons (Fsp3) is 0.318. The van der Waals surface area contributed by atoms with E-state index in [2.05, 4.69) is 23.1 Å². The minimum absolute atomic E-state index is 0.223. The largest absolute Gasteiger partial charge is 0.494 e. The molecule has 7 nitrogen and oxygen atoms in total. The molecule has 0 aliphatic carbocycles. The highest BCUT2D eigenvalue weighted by Gasteiger charge is 2.10. The molecule has 0 heterocycles. The summed E-state index contributed by atoms with van der Waals surface area (Å²) in [5, 5.41) is 2.38. The third kappa shape index (κ3) is 7.90. The lowest BCUT2D eigenvalue weighted by Gasteiger charge is -2.09. The molecule has 0 saturated carbocycles.